The van der Waals surface area contributed by atoms with Crippen LogP contribution < -0.4 is 10.6 Å². The van der Waals surface area contributed by atoms with E-state index in [1.807, 2.05) is 0 Å². The first-order valence-electron chi connectivity index (χ1n) is 7.66. The topological polar surface area (TPSA) is 71.3 Å². The molecule has 2 aromatic carbocycles. The summed E-state index contributed by atoms with van der Waals surface area (Å²) < 4.78 is 31.9. The zero-order valence-electron chi connectivity index (χ0n) is 13.7. The molecule has 7 heteroatoms. The Morgan fingerprint density at radius 1 is 0.923 bits per heavy atom. The standard InChI is InChI=1S/C19H14F2N2O3/c1-11-4-5-12(9-15(11)22-19(25)17-3-2-8-26-17)18(24)23-16-10-13(20)6-7-14(16)21/h2-10H,1H3,(H,22,25)(H,23,24). The van der Waals surface area contributed by atoms with Crippen molar-refractivity contribution in [2.24, 2.45) is 0 Å². The lowest BCUT2D eigenvalue weighted by atomic mass is 10.1. The van der Waals surface area contributed by atoms with Crippen molar-refractivity contribution < 1.29 is 22.8 Å². The summed E-state index contributed by atoms with van der Waals surface area (Å²) >= 11 is 0. The van der Waals surface area contributed by atoms with Crippen LogP contribution in [0.5, 0.6) is 0 Å². The maximum atomic E-state index is 13.7. The number of carbonyl (C=O) groups is 2. The Morgan fingerprint density at radius 3 is 2.42 bits per heavy atom. The first-order chi connectivity index (χ1) is 12.4. The minimum Gasteiger partial charge on any atom is -0.459 e. The molecule has 3 aromatic rings. The predicted octanol–water partition coefficient (Wildman–Crippen LogP) is 4.37. The molecule has 0 fully saturated rings. The van der Waals surface area contributed by atoms with E-state index in [9.17, 15) is 18.4 Å². The Hall–Kier alpha value is -3.48. The van der Waals surface area contributed by atoms with Gasteiger partial charge in [-0.1, -0.05) is 6.07 Å². The first kappa shape index (κ1) is 17.3. The molecule has 0 saturated heterocycles. The van der Waals surface area contributed by atoms with E-state index in [-0.39, 0.29) is 17.0 Å². The summed E-state index contributed by atoms with van der Waals surface area (Å²) in [7, 11) is 0. The van der Waals surface area contributed by atoms with Crippen molar-refractivity contribution in [3.8, 4) is 0 Å². The van der Waals surface area contributed by atoms with Crippen molar-refractivity contribution in [2.75, 3.05) is 10.6 Å². The number of furan rings is 1. The van der Waals surface area contributed by atoms with Crippen LogP contribution in [0.3, 0.4) is 0 Å². The molecular formula is C19H14F2N2O3. The summed E-state index contributed by atoms with van der Waals surface area (Å²) in [4.78, 5) is 24.4. The number of halogens is 2. The minimum atomic E-state index is -0.752. The number of nitrogens with one attached hydrogen (secondary N) is 2. The predicted molar refractivity (Wildman–Crippen MR) is 92.2 cm³/mol. The van der Waals surface area contributed by atoms with E-state index in [0.717, 1.165) is 23.8 Å². The van der Waals surface area contributed by atoms with Crippen LogP contribution in [0.1, 0.15) is 26.5 Å². The summed E-state index contributed by atoms with van der Waals surface area (Å²) in [6, 6.07) is 10.5. The van der Waals surface area contributed by atoms with Gasteiger partial charge < -0.3 is 15.1 Å². The van der Waals surface area contributed by atoms with Crippen molar-refractivity contribution in [1.82, 2.24) is 0 Å². The Balaban J connectivity index is 1.81. The molecule has 0 unspecified atom stereocenters. The lowest BCUT2D eigenvalue weighted by Gasteiger charge is -2.11. The van der Waals surface area contributed by atoms with Gasteiger partial charge in [-0.15, -0.1) is 0 Å². The Morgan fingerprint density at radius 2 is 1.69 bits per heavy atom. The highest BCUT2D eigenvalue weighted by atomic mass is 19.1. The van der Waals surface area contributed by atoms with E-state index in [0.29, 0.717) is 5.69 Å². The number of rotatable bonds is 4. The van der Waals surface area contributed by atoms with Crippen molar-refractivity contribution >= 4 is 23.2 Å². The van der Waals surface area contributed by atoms with Crippen molar-refractivity contribution in [1.29, 1.82) is 0 Å². The van der Waals surface area contributed by atoms with Crippen LogP contribution in [0.4, 0.5) is 20.2 Å². The second kappa shape index (κ2) is 7.18. The summed E-state index contributed by atoms with van der Waals surface area (Å²) in [5.74, 6) is -2.40. The van der Waals surface area contributed by atoms with Crippen LogP contribution in [0, 0.1) is 18.6 Å². The van der Waals surface area contributed by atoms with E-state index >= 15 is 0 Å². The molecule has 3 rings (SSSR count). The number of carbonyl (C=O) groups excluding carboxylic acids is 2. The second-order valence-electron chi connectivity index (χ2n) is 5.54. The van der Waals surface area contributed by atoms with Gasteiger partial charge >= 0.3 is 0 Å². The highest BCUT2D eigenvalue weighted by molar-refractivity contribution is 6.07. The third-order valence-corrected chi connectivity index (χ3v) is 3.67. The molecule has 132 valence electrons. The number of hydrogen-bond acceptors (Lipinski definition) is 3. The maximum absolute atomic E-state index is 13.7. The van der Waals surface area contributed by atoms with E-state index in [1.165, 1.54) is 24.5 Å². The van der Waals surface area contributed by atoms with Gasteiger partial charge in [0.25, 0.3) is 11.8 Å². The molecule has 2 amide bonds. The third kappa shape index (κ3) is 3.77. The average molecular weight is 356 g/mol. The van der Waals surface area contributed by atoms with Gasteiger partial charge in [0.15, 0.2) is 5.76 Å². The first-order valence-corrected chi connectivity index (χ1v) is 7.66. The molecule has 1 aromatic heterocycles. The number of hydrogen-bond donors (Lipinski definition) is 2. The van der Waals surface area contributed by atoms with Gasteiger partial charge in [-0.3, -0.25) is 9.59 Å². The van der Waals surface area contributed by atoms with E-state index in [2.05, 4.69) is 10.6 Å². The number of anilines is 2. The SMILES string of the molecule is Cc1ccc(C(=O)Nc2cc(F)ccc2F)cc1NC(=O)c1ccco1. The summed E-state index contributed by atoms with van der Waals surface area (Å²) in [5, 5.41) is 4.96. The van der Waals surface area contributed by atoms with E-state index in [4.69, 9.17) is 4.42 Å². The normalized spacial score (nSPS) is 10.4. The van der Waals surface area contributed by atoms with Crippen molar-refractivity contribution in [3.05, 3.63) is 83.3 Å². The molecule has 0 atom stereocenters. The van der Waals surface area contributed by atoms with Gasteiger partial charge in [-0.05, 0) is 48.9 Å². The maximum Gasteiger partial charge on any atom is 0.291 e. The second-order valence-corrected chi connectivity index (χ2v) is 5.54. The fraction of sp³-hybridized carbons (Fsp3) is 0.0526. The monoisotopic (exact) mass is 356 g/mol. The molecule has 1 heterocycles. The Kier molecular flexibility index (Phi) is 4.79. The third-order valence-electron chi connectivity index (χ3n) is 3.67. The Bertz CT molecular complexity index is 969. The van der Waals surface area contributed by atoms with E-state index < -0.39 is 23.4 Å². The molecule has 0 aliphatic rings. The zero-order chi connectivity index (χ0) is 18.7. The number of aryl methyl sites for hydroxylation is 1. The van der Waals surface area contributed by atoms with Gasteiger partial charge in [0.2, 0.25) is 0 Å². The zero-order valence-corrected chi connectivity index (χ0v) is 13.7. The van der Waals surface area contributed by atoms with E-state index in [1.54, 1.807) is 19.1 Å². The van der Waals surface area contributed by atoms with Crippen LogP contribution in [0.2, 0.25) is 0 Å². The average Bonchev–Trinajstić information content (AvgIpc) is 3.14. The summed E-state index contributed by atoms with van der Waals surface area (Å²) in [6.07, 6.45) is 1.37. The fourth-order valence-corrected chi connectivity index (χ4v) is 2.28. The minimum absolute atomic E-state index is 0.126. The van der Waals surface area contributed by atoms with Crippen LogP contribution in [-0.2, 0) is 0 Å². The summed E-state index contributed by atoms with van der Waals surface area (Å²) in [6.45, 7) is 1.76. The lowest BCUT2D eigenvalue weighted by molar-refractivity contribution is 0.0993. The van der Waals surface area contributed by atoms with Gasteiger partial charge in [-0.2, -0.15) is 0 Å². The molecule has 0 aliphatic carbocycles. The Labute approximate surface area is 147 Å². The van der Waals surface area contributed by atoms with Crippen LogP contribution in [-0.4, -0.2) is 11.8 Å². The summed E-state index contributed by atoms with van der Waals surface area (Å²) in [5.41, 5.74) is 1.03. The highest BCUT2D eigenvalue weighted by Crippen LogP contribution is 2.21. The molecule has 26 heavy (non-hydrogen) atoms. The van der Waals surface area contributed by atoms with Crippen LogP contribution in [0.25, 0.3) is 0 Å². The van der Waals surface area contributed by atoms with Crippen molar-refractivity contribution in [2.45, 2.75) is 6.92 Å². The molecule has 5 nitrogen and oxygen atoms in total. The highest BCUT2D eigenvalue weighted by Gasteiger charge is 2.14. The molecule has 0 spiro atoms. The molecule has 2 N–H and O–H groups in total. The smallest absolute Gasteiger partial charge is 0.291 e. The van der Waals surface area contributed by atoms with Gasteiger partial charge in [-0.25, -0.2) is 8.78 Å². The van der Waals surface area contributed by atoms with Crippen LogP contribution in [0.15, 0.2) is 59.2 Å². The lowest BCUT2D eigenvalue weighted by Crippen LogP contribution is -2.16. The van der Waals surface area contributed by atoms with Gasteiger partial charge in [0.1, 0.15) is 11.6 Å². The van der Waals surface area contributed by atoms with Crippen molar-refractivity contribution in [3.63, 3.8) is 0 Å². The largest absolute Gasteiger partial charge is 0.459 e. The molecule has 0 bridgehead atoms. The molecule has 0 radical (unpaired) electrons. The van der Waals surface area contributed by atoms with Gasteiger partial charge in [0, 0.05) is 17.3 Å². The van der Waals surface area contributed by atoms with Gasteiger partial charge in [0.05, 0.1) is 12.0 Å². The number of benzene rings is 2. The fourth-order valence-electron chi connectivity index (χ4n) is 2.28. The molecular weight excluding hydrogens is 342 g/mol. The molecule has 0 saturated carbocycles. The quantitative estimate of drug-likeness (QED) is 0.729. The number of amides is 2. The van der Waals surface area contributed by atoms with Crippen LogP contribution >= 0.6 is 0 Å². The molecule has 0 aliphatic heterocycles.